The molecule has 0 saturated carbocycles. The molecule has 0 aromatic rings. The van der Waals surface area contributed by atoms with Crippen LogP contribution < -0.4 is 0 Å². The van der Waals surface area contributed by atoms with Crippen LogP contribution in [0.3, 0.4) is 0 Å². The van der Waals surface area contributed by atoms with Crippen LogP contribution in [0.5, 0.6) is 0 Å². The predicted molar refractivity (Wildman–Crippen MR) is 64.8 cm³/mol. The number of hydrogen-bond donors (Lipinski definition) is 0. The first kappa shape index (κ1) is 10.6. The summed E-state index contributed by atoms with van der Waals surface area (Å²) < 4.78 is 2.42. The van der Waals surface area contributed by atoms with Gasteiger partial charge < -0.3 is 4.67 Å². The Kier molecular flexibility index (Phi) is 3.80. The van der Waals surface area contributed by atoms with Crippen molar-refractivity contribution in [3.63, 3.8) is 0 Å². The minimum Gasteiger partial charge on any atom is -0.350 e. The minimum atomic E-state index is 0.811. The Hall–Kier alpha value is -0.485. The summed E-state index contributed by atoms with van der Waals surface area (Å²) in [6.45, 7) is 7.58. The maximum Gasteiger partial charge on any atom is 0.139 e. The molecule has 0 radical (unpaired) electrons. The fraction of sp³-hybridized carbons (Fsp3) is 0.400. The SMILES string of the molecule is BC1=CPN(CC)C(/C=C\C)=C1C. The van der Waals surface area contributed by atoms with E-state index in [0.717, 1.165) is 15.3 Å². The molecule has 1 unspecified atom stereocenters. The summed E-state index contributed by atoms with van der Waals surface area (Å²) in [5, 5.41) is 0. The smallest absolute Gasteiger partial charge is 0.139 e. The van der Waals surface area contributed by atoms with Crippen LogP contribution in [0, 0.1) is 0 Å². The molecule has 0 saturated heterocycles. The van der Waals surface area contributed by atoms with Crippen molar-refractivity contribution in [2.24, 2.45) is 0 Å². The third-order valence-corrected chi connectivity index (χ3v) is 3.78. The Bertz CT molecular complexity index is 279. The minimum absolute atomic E-state index is 0.811. The molecule has 0 spiro atoms. The summed E-state index contributed by atoms with van der Waals surface area (Å²) in [5.41, 5.74) is 4.23. The van der Waals surface area contributed by atoms with Gasteiger partial charge >= 0.3 is 0 Å². The molecule has 1 atom stereocenters. The van der Waals surface area contributed by atoms with Crippen molar-refractivity contribution in [1.82, 2.24) is 4.67 Å². The summed E-state index contributed by atoms with van der Waals surface area (Å²) in [5.74, 6) is 2.33. The van der Waals surface area contributed by atoms with Crippen LogP contribution in [0.2, 0.25) is 0 Å². The highest BCUT2D eigenvalue weighted by Gasteiger charge is 2.12. The molecule has 1 heterocycles. The molecule has 0 N–H and O–H groups in total. The molecule has 0 aromatic heterocycles. The molecule has 1 aliphatic rings. The Morgan fingerprint density at radius 3 is 2.85 bits per heavy atom. The quantitative estimate of drug-likeness (QED) is 0.480. The van der Waals surface area contributed by atoms with Gasteiger partial charge in [-0.3, -0.25) is 0 Å². The van der Waals surface area contributed by atoms with Crippen molar-refractivity contribution >= 4 is 16.6 Å². The number of likely N-dealkylation sites (N-methyl/N-ethyl adjacent to an activating group) is 1. The fourth-order valence-corrected chi connectivity index (χ4v) is 2.52. The van der Waals surface area contributed by atoms with Crippen LogP contribution in [0.4, 0.5) is 0 Å². The van der Waals surface area contributed by atoms with Gasteiger partial charge in [0, 0.05) is 12.2 Å². The van der Waals surface area contributed by atoms with E-state index in [1.165, 1.54) is 16.7 Å². The Balaban J connectivity index is 3.01. The topological polar surface area (TPSA) is 3.24 Å². The molecule has 1 nitrogen and oxygen atoms in total. The molecular weight excluding hydrogens is 176 g/mol. The maximum absolute atomic E-state index is 2.42. The largest absolute Gasteiger partial charge is 0.350 e. The van der Waals surface area contributed by atoms with E-state index in [1.807, 2.05) is 0 Å². The summed E-state index contributed by atoms with van der Waals surface area (Å²) in [4.78, 5) is 0. The van der Waals surface area contributed by atoms with Crippen LogP contribution >= 0.6 is 8.73 Å². The Labute approximate surface area is 83.8 Å². The lowest BCUT2D eigenvalue weighted by Crippen LogP contribution is -2.15. The van der Waals surface area contributed by atoms with Crippen LogP contribution in [0.15, 0.2) is 34.7 Å². The summed E-state index contributed by atoms with van der Waals surface area (Å²) in [6, 6.07) is 0. The molecule has 0 aliphatic carbocycles. The van der Waals surface area contributed by atoms with Crippen molar-refractivity contribution in [2.75, 3.05) is 6.54 Å². The van der Waals surface area contributed by atoms with E-state index in [0.29, 0.717) is 0 Å². The second-order valence-corrected chi connectivity index (χ2v) is 4.30. The van der Waals surface area contributed by atoms with Gasteiger partial charge in [0.15, 0.2) is 0 Å². The van der Waals surface area contributed by atoms with Crippen molar-refractivity contribution in [1.29, 1.82) is 0 Å². The van der Waals surface area contributed by atoms with E-state index in [9.17, 15) is 0 Å². The van der Waals surface area contributed by atoms with Crippen LogP contribution in [-0.2, 0) is 0 Å². The second-order valence-electron chi connectivity index (χ2n) is 3.21. The zero-order valence-electron chi connectivity index (χ0n) is 8.89. The Morgan fingerprint density at radius 1 is 1.62 bits per heavy atom. The van der Waals surface area contributed by atoms with Gasteiger partial charge in [-0.1, -0.05) is 11.5 Å². The number of nitrogens with zero attached hydrogens (tertiary/aromatic N) is 1. The van der Waals surface area contributed by atoms with Crippen LogP contribution in [0.1, 0.15) is 20.8 Å². The van der Waals surface area contributed by atoms with E-state index in [1.54, 1.807) is 0 Å². The summed E-state index contributed by atoms with van der Waals surface area (Å²) >= 11 is 0. The first-order valence-corrected chi connectivity index (χ1v) is 5.77. The molecule has 3 heteroatoms. The standard InChI is InChI=1S/C10H17BNP/c1-4-6-10-8(3)9(11)7-13-12(10)5-2/h4,6-7,13H,5,11H2,1-3H3/b6-4-. The molecule has 0 amide bonds. The van der Waals surface area contributed by atoms with E-state index in [-0.39, 0.29) is 0 Å². The lowest BCUT2D eigenvalue weighted by molar-refractivity contribution is 0.609. The average molecular weight is 193 g/mol. The van der Waals surface area contributed by atoms with Crippen molar-refractivity contribution in [3.8, 4) is 0 Å². The van der Waals surface area contributed by atoms with E-state index in [4.69, 9.17) is 0 Å². The highest BCUT2D eigenvalue weighted by Crippen LogP contribution is 2.35. The zero-order chi connectivity index (χ0) is 9.84. The van der Waals surface area contributed by atoms with Gasteiger partial charge in [0.2, 0.25) is 0 Å². The summed E-state index contributed by atoms with van der Waals surface area (Å²) in [7, 11) is 3.00. The van der Waals surface area contributed by atoms with Gasteiger partial charge in [0.25, 0.3) is 0 Å². The third kappa shape index (κ3) is 2.25. The Morgan fingerprint density at radius 2 is 2.31 bits per heavy atom. The van der Waals surface area contributed by atoms with E-state index >= 15 is 0 Å². The van der Waals surface area contributed by atoms with Crippen LogP contribution in [0.25, 0.3) is 0 Å². The molecule has 0 bridgehead atoms. The molecule has 0 aromatic carbocycles. The molecule has 1 rings (SSSR count). The van der Waals surface area contributed by atoms with Gasteiger partial charge in [0.05, 0.1) is 0 Å². The monoisotopic (exact) mass is 193 g/mol. The van der Waals surface area contributed by atoms with E-state index in [2.05, 4.69) is 51.3 Å². The normalized spacial score (nSPS) is 20.2. The van der Waals surface area contributed by atoms with E-state index < -0.39 is 0 Å². The van der Waals surface area contributed by atoms with Gasteiger partial charge in [-0.2, -0.15) is 0 Å². The van der Waals surface area contributed by atoms with Gasteiger partial charge in [0.1, 0.15) is 7.85 Å². The van der Waals surface area contributed by atoms with Crippen molar-refractivity contribution in [3.05, 3.63) is 34.7 Å². The zero-order valence-corrected chi connectivity index (χ0v) is 9.89. The molecule has 1 aliphatic heterocycles. The highest BCUT2D eigenvalue weighted by molar-refractivity contribution is 7.39. The van der Waals surface area contributed by atoms with Crippen molar-refractivity contribution in [2.45, 2.75) is 20.8 Å². The predicted octanol–water partition coefficient (Wildman–Crippen LogP) is 2.24. The second kappa shape index (κ2) is 4.67. The molecule has 70 valence electrons. The summed E-state index contributed by atoms with van der Waals surface area (Å²) in [6.07, 6.45) is 4.33. The highest BCUT2D eigenvalue weighted by atomic mass is 31.1. The fourth-order valence-electron chi connectivity index (χ4n) is 1.39. The maximum atomic E-state index is 2.42. The molecular formula is C10H17BNP. The van der Waals surface area contributed by atoms with Gasteiger partial charge in [-0.15, -0.1) is 0 Å². The first-order chi connectivity index (χ1) is 6.20. The molecule has 13 heavy (non-hydrogen) atoms. The lowest BCUT2D eigenvalue weighted by Gasteiger charge is -2.29. The third-order valence-electron chi connectivity index (χ3n) is 2.34. The van der Waals surface area contributed by atoms with Gasteiger partial charge in [-0.05, 0) is 47.0 Å². The number of rotatable bonds is 2. The van der Waals surface area contributed by atoms with Crippen LogP contribution in [-0.4, -0.2) is 19.1 Å². The number of allylic oxidation sites excluding steroid dienone is 4. The van der Waals surface area contributed by atoms with Crippen molar-refractivity contribution < 1.29 is 0 Å². The first-order valence-electron chi connectivity index (χ1n) is 4.75. The average Bonchev–Trinajstić information content (AvgIpc) is 2.14. The lowest BCUT2D eigenvalue weighted by atomic mass is 9.89. The molecule has 0 fully saturated rings. The number of hydrogen-bond acceptors (Lipinski definition) is 1. The van der Waals surface area contributed by atoms with Gasteiger partial charge in [-0.25, -0.2) is 0 Å².